The summed E-state index contributed by atoms with van der Waals surface area (Å²) in [5.41, 5.74) is 2.30. The third kappa shape index (κ3) is 2.14. The summed E-state index contributed by atoms with van der Waals surface area (Å²) in [5.74, 6) is 0.952. The Hall–Kier alpha value is -1.61. The van der Waals surface area contributed by atoms with E-state index in [1.54, 1.807) is 0 Å². The summed E-state index contributed by atoms with van der Waals surface area (Å²) in [6.07, 6.45) is 4.55. The first-order valence-corrected chi connectivity index (χ1v) is 5.74. The highest BCUT2D eigenvalue weighted by molar-refractivity contribution is 5.54. The Labute approximate surface area is 94.9 Å². The van der Waals surface area contributed by atoms with Crippen LogP contribution in [0.15, 0.2) is 36.5 Å². The van der Waals surface area contributed by atoms with Crippen molar-refractivity contribution in [3.63, 3.8) is 0 Å². The van der Waals surface area contributed by atoms with Crippen LogP contribution in [0.1, 0.15) is 18.5 Å². The molecule has 1 aliphatic carbocycles. The van der Waals surface area contributed by atoms with Gasteiger partial charge in [-0.05, 0) is 12.8 Å². The van der Waals surface area contributed by atoms with Crippen molar-refractivity contribution < 1.29 is 0 Å². The summed E-state index contributed by atoms with van der Waals surface area (Å²) < 4.78 is 0. The molecule has 2 aromatic rings. The monoisotopic (exact) mass is 213 g/mol. The molecule has 16 heavy (non-hydrogen) atoms. The Kier molecular flexibility index (Phi) is 2.46. The molecule has 0 unspecified atom stereocenters. The zero-order chi connectivity index (χ0) is 10.8. The minimum Gasteiger partial charge on any atom is -0.341 e. The van der Waals surface area contributed by atoms with E-state index < -0.39 is 0 Å². The Bertz CT molecular complexity index is 457. The van der Waals surface area contributed by atoms with Gasteiger partial charge in [-0.25, -0.2) is 4.98 Å². The van der Waals surface area contributed by atoms with E-state index in [4.69, 9.17) is 0 Å². The van der Waals surface area contributed by atoms with Gasteiger partial charge >= 0.3 is 0 Å². The van der Waals surface area contributed by atoms with E-state index in [9.17, 15) is 0 Å². The number of nitrogens with zero attached hydrogens (tertiary/aromatic N) is 1. The number of hydrogen-bond donors (Lipinski definition) is 2. The van der Waals surface area contributed by atoms with Gasteiger partial charge in [0.05, 0.1) is 0 Å². The number of rotatable bonds is 4. The van der Waals surface area contributed by atoms with E-state index in [0.717, 1.165) is 29.7 Å². The van der Waals surface area contributed by atoms with Gasteiger partial charge in [-0.15, -0.1) is 0 Å². The lowest BCUT2D eigenvalue weighted by Crippen LogP contribution is -2.15. The maximum Gasteiger partial charge on any atom is 0.137 e. The van der Waals surface area contributed by atoms with Gasteiger partial charge in [0, 0.05) is 30.0 Å². The number of aromatic nitrogens is 2. The summed E-state index contributed by atoms with van der Waals surface area (Å²) in [5, 5.41) is 3.47. The fourth-order valence-electron chi connectivity index (χ4n) is 1.73. The van der Waals surface area contributed by atoms with Gasteiger partial charge in [-0.1, -0.05) is 30.3 Å². The number of aromatic amines is 1. The Balaban J connectivity index is 1.71. The first kappa shape index (κ1) is 9.60. The van der Waals surface area contributed by atoms with Crippen LogP contribution in [0, 0.1) is 0 Å². The van der Waals surface area contributed by atoms with Gasteiger partial charge in [0.25, 0.3) is 0 Å². The average Bonchev–Trinajstić information content (AvgIpc) is 3.05. The van der Waals surface area contributed by atoms with Crippen LogP contribution in [0.4, 0.5) is 0 Å². The van der Waals surface area contributed by atoms with Gasteiger partial charge in [0.15, 0.2) is 0 Å². The molecule has 1 aromatic carbocycles. The zero-order valence-corrected chi connectivity index (χ0v) is 9.11. The van der Waals surface area contributed by atoms with E-state index in [2.05, 4.69) is 27.4 Å². The van der Waals surface area contributed by atoms with Crippen LogP contribution in [0.5, 0.6) is 0 Å². The molecule has 0 bridgehead atoms. The predicted octanol–water partition coefficient (Wildman–Crippen LogP) is 2.33. The molecular formula is C13H15N3. The fourth-order valence-corrected chi connectivity index (χ4v) is 1.73. The summed E-state index contributed by atoms with van der Waals surface area (Å²) in [6, 6.07) is 10.9. The molecule has 3 heteroatoms. The average molecular weight is 213 g/mol. The summed E-state index contributed by atoms with van der Waals surface area (Å²) in [6.45, 7) is 0.893. The van der Waals surface area contributed by atoms with E-state index in [-0.39, 0.29) is 0 Å². The SMILES string of the molecule is c1ccc(-c2ncc(CNC3CC3)[nH]2)cc1. The van der Waals surface area contributed by atoms with Crippen molar-refractivity contribution in [3.8, 4) is 11.4 Å². The number of imidazole rings is 1. The predicted molar refractivity (Wildman–Crippen MR) is 63.9 cm³/mol. The molecule has 1 heterocycles. The Morgan fingerprint density at radius 2 is 2.06 bits per heavy atom. The van der Waals surface area contributed by atoms with E-state index in [1.165, 1.54) is 12.8 Å². The van der Waals surface area contributed by atoms with Crippen LogP contribution in [-0.4, -0.2) is 16.0 Å². The van der Waals surface area contributed by atoms with Crippen molar-refractivity contribution in [3.05, 3.63) is 42.2 Å². The number of hydrogen-bond acceptors (Lipinski definition) is 2. The van der Waals surface area contributed by atoms with Crippen molar-refractivity contribution in [2.24, 2.45) is 0 Å². The molecule has 1 aliphatic rings. The molecule has 0 radical (unpaired) electrons. The Morgan fingerprint density at radius 1 is 1.25 bits per heavy atom. The van der Waals surface area contributed by atoms with Crippen molar-refractivity contribution >= 4 is 0 Å². The lowest BCUT2D eigenvalue weighted by Gasteiger charge is -1.99. The topological polar surface area (TPSA) is 40.7 Å². The third-order valence-electron chi connectivity index (χ3n) is 2.83. The summed E-state index contributed by atoms with van der Waals surface area (Å²) in [7, 11) is 0. The van der Waals surface area contributed by atoms with Gasteiger partial charge in [0.1, 0.15) is 5.82 Å². The third-order valence-corrected chi connectivity index (χ3v) is 2.83. The van der Waals surface area contributed by atoms with Crippen LogP contribution in [0.2, 0.25) is 0 Å². The smallest absolute Gasteiger partial charge is 0.137 e. The lowest BCUT2D eigenvalue weighted by atomic mass is 10.2. The normalized spacial score (nSPS) is 15.2. The highest BCUT2D eigenvalue weighted by Crippen LogP contribution is 2.19. The Morgan fingerprint density at radius 3 is 2.81 bits per heavy atom. The highest BCUT2D eigenvalue weighted by atomic mass is 15.0. The highest BCUT2D eigenvalue weighted by Gasteiger charge is 2.20. The molecule has 2 N–H and O–H groups in total. The number of H-pyrrole nitrogens is 1. The molecule has 0 spiro atoms. The first-order valence-electron chi connectivity index (χ1n) is 5.74. The van der Waals surface area contributed by atoms with Crippen LogP contribution in [0.3, 0.4) is 0 Å². The zero-order valence-electron chi connectivity index (χ0n) is 9.11. The summed E-state index contributed by atoms with van der Waals surface area (Å²) >= 11 is 0. The molecular weight excluding hydrogens is 198 g/mol. The van der Waals surface area contributed by atoms with Gasteiger partial charge in [-0.2, -0.15) is 0 Å². The van der Waals surface area contributed by atoms with E-state index >= 15 is 0 Å². The van der Waals surface area contributed by atoms with E-state index in [0.29, 0.717) is 0 Å². The van der Waals surface area contributed by atoms with Crippen LogP contribution in [-0.2, 0) is 6.54 Å². The van der Waals surface area contributed by atoms with Crippen molar-refractivity contribution in [2.45, 2.75) is 25.4 Å². The fraction of sp³-hybridized carbons (Fsp3) is 0.308. The largest absolute Gasteiger partial charge is 0.341 e. The minimum atomic E-state index is 0.739. The minimum absolute atomic E-state index is 0.739. The molecule has 1 saturated carbocycles. The maximum atomic E-state index is 4.39. The van der Waals surface area contributed by atoms with Crippen molar-refractivity contribution in [2.75, 3.05) is 0 Å². The maximum absolute atomic E-state index is 4.39. The van der Waals surface area contributed by atoms with Crippen LogP contribution < -0.4 is 5.32 Å². The van der Waals surface area contributed by atoms with Crippen molar-refractivity contribution in [1.29, 1.82) is 0 Å². The molecule has 1 aromatic heterocycles. The molecule has 0 aliphatic heterocycles. The molecule has 0 amide bonds. The standard InChI is InChI=1S/C13H15N3/c1-2-4-10(5-3-1)13-15-9-12(16-13)8-14-11-6-7-11/h1-5,9,11,14H,6-8H2,(H,15,16). The molecule has 0 saturated heterocycles. The molecule has 82 valence electrons. The van der Waals surface area contributed by atoms with Gasteiger partial charge < -0.3 is 10.3 Å². The van der Waals surface area contributed by atoms with E-state index in [1.807, 2.05) is 24.4 Å². The number of benzene rings is 1. The first-order chi connectivity index (χ1) is 7.92. The quantitative estimate of drug-likeness (QED) is 0.818. The van der Waals surface area contributed by atoms with Gasteiger partial charge in [-0.3, -0.25) is 0 Å². The van der Waals surface area contributed by atoms with Crippen LogP contribution >= 0.6 is 0 Å². The van der Waals surface area contributed by atoms with Gasteiger partial charge in [0.2, 0.25) is 0 Å². The summed E-state index contributed by atoms with van der Waals surface area (Å²) in [4.78, 5) is 7.73. The van der Waals surface area contributed by atoms with Crippen molar-refractivity contribution in [1.82, 2.24) is 15.3 Å². The molecule has 1 fully saturated rings. The molecule has 3 nitrogen and oxygen atoms in total. The second kappa shape index (κ2) is 4.10. The van der Waals surface area contributed by atoms with Crippen LogP contribution in [0.25, 0.3) is 11.4 Å². The molecule has 3 rings (SSSR count). The second-order valence-corrected chi connectivity index (χ2v) is 4.28. The molecule has 0 atom stereocenters. The number of nitrogens with one attached hydrogen (secondary N) is 2. The lowest BCUT2D eigenvalue weighted by molar-refractivity contribution is 0.677. The second-order valence-electron chi connectivity index (χ2n) is 4.28.